The molecule has 124 valence electrons. The van der Waals surface area contributed by atoms with Crippen LogP contribution in [-0.2, 0) is 11.3 Å². The highest BCUT2D eigenvalue weighted by molar-refractivity contribution is 5.84. The van der Waals surface area contributed by atoms with E-state index in [9.17, 15) is 9.59 Å². The topological polar surface area (TPSA) is 66.1 Å². The van der Waals surface area contributed by atoms with Crippen LogP contribution in [0.5, 0.6) is 0 Å². The minimum Gasteiger partial charge on any atom is -0.443 e. The highest BCUT2D eigenvalue weighted by Gasteiger charge is 2.24. The highest BCUT2D eigenvalue weighted by atomic mass is 16.6. The van der Waals surface area contributed by atoms with E-state index in [-0.39, 0.29) is 0 Å². The smallest absolute Gasteiger partial charge is 0.424 e. The summed E-state index contributed by atoms with van der Waals surface area (Å²) in [7, 11) is 0. The predicted molar refractivity (Wildman–Crippen MR) is 91.2 cm³/mol. The molecule has 0 spiro atoms. The van der Waals surface area contributed by atoms with Crippen LogP contribution in [0, 0.1) is 0 Å². The molecule has 0 N–H and O–H groups in total. The molecule has 0 atom stereocenters. The number of rotatable bonds is 2. The second kappa shape index (κ2) is 5.96. The number of hydrogen-bond acceptors (Lipinski definition) is 4. The quantitative estimate of drug-likeness (QED) is 0.726. The van der Waals surface area contributed by atoms with E-state index < -0.39 is 17.4 Å². The molecule has 0 aliphatic rings. The van der Waals surface area contributed by atoms with E-state index >= 15 is 0 Å². The normalized spacial score (nSPS) is 11.6. The zero-order chi connectivity index (χ0) is 17.3. The lowest BCUT2D eigenvalue weighted by Gasteiger charge is -2.19. The lowest BCUT2D eigenvalue weighted by Crippen LogP contribution is -2.34. The van der Waals surface area contributed by atoms with Crippen LogP contribution in [0.4, 0.5) is 4.79 Å². The number of carbonyl (C=O) groups is 1. The first-order valence-electron chi connectivity index (χ1n) is 7.70. The molecule has 0 aliphatic heterocycles. The first-order valence-corrected chi connectivity index (χ1v) is 7.70. The highest BCUT2D eigenvalue weighted by Crippen LogP contribution is 2.15. The molecule has 1 aromatic carbocycles. The SMILES string of the molecule is CC(C)(C)OC(=O)n1c(=O)n(Cc2ccccc2)c2cccnc21. The molecule has 3 aromatic rings. The van der Waals surface area contributed by atoms with Gasteiger partial charge in [-0.2, -0.15) is 4.57 Å². The summed E-state index contributed by atoms with van der Waals surface area (Å²) in [5.41, 5.74) is 0.706. The fraction of sp³-hybridized carbons (Fsp3) is 0.278. The van der Waals surface area contributed by atoms with Crippen molar-refractivity contribution in [1.82, 2.24) is 14.1 Å². The first kappa shape index (κ1) is 16.0. The molecule has 24 heavy (non-hydrogen) atoms. The molecule has 2 aromatic heterocycles. The molecule has 0 aliphatic carbocycles. The summed E-state index contributed by atoms with van der Waals surface area (Å²) < 4.78 is 7.87. The Morgan fingerprint density at radius 3 is 2.50 bits per heavy atom. The maximum absolute atomic E-state index is 12.8. The van der Waals surface area contributed by atoms with Crippen LogP contribution in [0.25, 0.3) is 11.2 Å². The number of nitrogens with zero attached hydrogens (tertiary/aromatic N) is 3. The number of imidazole rings is 1. The molecule has 6 nitrogen and oxygen atoms in total. The molecule has 6 heteroatoms. The van der Waals surface area contributed by atoms with Crippen molar-refractivity contribution in [2.45, 2.75) is 32.9 Å². The zero-order valence-electron chi connectivity index (χ0n) is 13.9. The molecule has 3 rings (SSSR count). The minimum absolute atomic E-state index is 0.299. The van der Waals surface area contributed by atoms with E-state index in [4.69, 9.17) is 4.74 Å². The summed E-state index contributed by atoms with van der Waals surface area (Å²) in [5.74, 6) is 0. The fourth-order valence-corrected chi connectivity index (χ4v) is 2.48. The number of aromatic nitrogens is 3. The summed E-state index contributed by atoms with van der Waals surface area (Å²) in [6.45, 7) is 5.63. The Balaban J connectivity index is 2.13. The molecule has 2 heterocycles. The Morgan fingerprint density at radius 1 is 1.12 bits per heavy atom. The maximum atomic E-state index is 12.8. The minimum atomic E-state index is -0.719. The van der Waals surface area contributed by atoms with Gasteiger partial charge in [-0.15, -0.1) is 0 Å². The second-order valence-corrected chi connectivity index (χ2v) is 6.52. The second-order valence-electron chi connectivity index (χ2n) is 6.52. The fourth-order valence-electron chi connectivity index (χ4n) is 2.48. The van der Waals surface area contributed by atoms with E-state index in [1.807, 2.05) is 30.3 Å². The molecule has 0 radical (unpaired) electrons. The van der Waals surface area contributed by atoms with Gasteiger partial charge in [0.1, 0.15) is 5.60 Å². The van der Waals surface area contributed by atoms with Crippen molar-refractivity contribution in [3.8, 4) is 0 Å². The van der Waals surface area contributed by atoms with Crippen LogP contribution in [0.2, 0.25) is 0 Å². The molecule has 0 fully saturated rings. The van der Waals surface area contributed by atoms with Crippen LogP contribution in [0.1, 0.15) is 26.3 Å². The van der Waals surface area contributed by atoms with Gasteiger partial charge < -0.3 is 4.74 Å². The standard InChI is InChI=1S/C18H19N3O3/c1-18(2,3)24-17(23)21-15-14(10-7-11-19-15)20(16(21)22)12-13-8-5-4-6-9-13/h4-11H,12H2,1-3H3. The van der Waals surface area contributed by atoms with E-state index in [2.05, 4.69) is 4.98 Å². The van der Waals surface area contributed by atoms with E-state index in [1.54, 1.807) is 39.1 Å². The van der Waals surface area contributed by atoms with Gasteiger partial charge in [-0.3, -0.25) is 4.57 Å². The number of fused-ring (bicyclic) bond motifs is 1. The summed E-state index contributed by atoms with van der Waals surface area (Å²) in [6.07, 6.45) is 0.832. The number of pyridine rings is 1. The molecular formula is C18H19N3O3. The van der Waals surface area contributed by atoms with Crippen LogP contribution < -0.4 is 5.69 Å². The summed E-state index contributed by atoms with van der Waals surface area (Å²) >= 11 is 0. The first-order chi connectivity index (χ1) is 11.4. The van der Waals surface area contributed by atoms with Crippen molar-refractivity contribution in [2.75, 3.05) is 0 Å². The largest absolute Gasteiger partial charge is 0.443 e. The third kappa shape index (κ3) is 3.08. The summed E-state index contributed by atoms with van der Waals surface area (Å²) in [4.78, 5) is 29.5. The Bertz CT molecular complexity index is 934. The van der Waals surface area contributed by atoms with Crippen LogP contribution in [-0.4, -0.2) is 25.8 Å². The number of hydrogen-bond donors (Lipinski definition) is 0. The Labute approximate surface area is 139 Å². The molecular weight excluding hydrogens is 306 g/mol. The Morgan fingerprint density at radius 2 is 1.83 bits per heavy atom. The van der Waals surface area contributed by atoms with Crippen molar-refractivity contribution < 1.29 is 9.53 Å². The number of benzene rings is 1. The van der Waals surface area contributed by atoms with Crippen molar-refractivity contribution in [3.05, 3.63) is 64.7 Å². The van der Waals surface area contributed by atoms with Gasteiger partial charge in [-0.05, 0) is 38.5 Å². The van der Waals surface area contributed by atoms with Gasteiger partial charge >= 0.3 is 11.8 Å². The van der Waals surface area contributed by atoms with Crippen molar-refractivity contribution in [2.24, 2.45) is 0 Å². The average Bonchev–Trinajstić information content (AvgIpc) is 2.79. The third-order valence-electron chi connectivity index (χ3n) is 3.45. The molecule has 0 saturated heterocycles. The van der Waals surface area contributed by atoms with Crippen molar-refractivity contribution in [1.29, 1.82) is 0 Å². The van der Waals surface area contributed by atoms with E-state index in [0.717, 1.165) is 10.1 Å². The maximum Gasteiger partial charge on any atom is 0.424 e. The molecule has 0 unspecified atom stereocenters. The molecule has 0 amide bonds. The van der Waals surface area contributed by atoms with Crippen molar-refractivity contribution in [3.63, 3.8) is 0 Å². The zero-order valence-corrected chi connectivity index (χ0v) is 13.9. The lowest BCUT2D eigenvalue weighted by atomic mass is 10.2. The summed E-state index contributed by atoms with van der Waals surface area (Å²) in [6, 6.07) is 13.1. The Kier molecular flexibility index (Phi) is 3.97. The van der Waals surface area contributed by atoms with Gasteiger partial charge in [-0.25, -0.2) is 14.6 Å². The van der Waals surface area contributed by atoms with E-state index in [0.29, 0.717) is 17.7 Å². The number of ether oxygens (including phenoxy) is 1. The van der Waals surface area contributed by atoms with Gasteiger partial charge in [0.05, 0.1) is 12.1 Å². The summed E-state index contributed by atoms with van der Waals surface area (Å²) in [5, 5.41) is 0. The van der Waals surface area contributed by atoms with Gasteiger partial charge in [0.2, 0.25) is 0 Å². The average molecular weight is 325 g/mol. The van der Waals surface area contributed by atoms with Crippen LogP contribution in [0.15, 0.2) is 53.5 Å². The number of carbonyl (C=O) groups excluding carboxylic acids is 1. The van der Waals surface area contributed by atoms with Gasteiger partial charge in [-0.1, -0.05) is 30.3 Å². The third-order valence-corrected chi connectivity index (χ3v) is 3.45. The predicted octanol–water partition coefficient (Wildman–Crippen LogP) is 3.03. The Hall–Kier alpha value is -2.89. The van der Waals surface area contributed by atoms with Crippen LogP contribution in [0.3, 0.4) is 0 Å². The monoisotopic (exact) mass is 325 g/mol. The lowest BCUT2D eigenvalue weighted by molar-refractivity contribution is 0.0536. The molecule has 0 saturated carbocycles. The van der Waals surface area contributed by atoms with Gasteiger partial charge in [0.15, 0.2) is 5.65 Å². The van der Waals surface area contributed by atoms with E-state index in [1.165, 1.54) is 4.57 Å². The van der Waals surface area contributed by atoms with Crippen molar-refractivity contribution >= 4 is 17.3 Å². The van der Waals surface area contributed by atoms with Crippen LogP contribution >= 0.6 is 0 Å². The molecule has 0 bridgehead atoms. The van der Waals surface area contributed by atoms with Gasteiger partial charge in [0, 0.05) is 6.20 Å². The van der Waals surface area contributed by atoms with Gasteiger partial charge in [0.25, 0.3) is 0 Å².